The molecule has 0 aliphatic carbocycles. The molecule has 20 nitrogen and oxygen atoms in total. The van der Waals surface area contributed by atoms with Gasteiger partial charge in [0.1, 0.15) is 43.2 Å². The van der Waals surface area contributed by atoms with E-state index in [-0.39, 0.29) is 11.4 Å². The Morgan fingerprint density at radius 1 is 0.656 bits per heavy atom. The normalized spacial score (nSPS) is 25.0. The highest BCUT2D eigenvalue weighted by Gasteiger charge is 2.58. The molecule has 0 radical (unpaired) electrons. The predicted molar refractivity (Wildman–Crippen MR) is 217 cm³/mol. The maximum Gasteiger partial charge on any atom is 0.303 e. The van der Waals surface area contributed by atoms with Crippen molar-refractivity contribution in [2.75, 3.05) is 13.2 Å². The van der Waals surface area contributed by atoms with Crippen molar-refractivity contribution in [1.29, 1.82) is 5.26 Å². The zero-order valence-corrected chi connectivity index (χ0v) is 36.9. The molecule has 0 spiro atoms. The summed E-state index contributed by atoms with van der Waals surface area (Å²) in [7, 11) is 0. The van der Waals surface area contributed by atoms with Crippen LogP contribution < -0.4 is 4.74 Å². The number of aromatic nitrogens is 1. The van der Waals surface area contributed by atoms with Gasteiger partial charge in [0.15, 0.2) is 30.7 Å². The first-order valence-electron chi connectivity index (χ1n) is 19.4. The fourth-order valence-electron chi connectivity index (χ4n) is 6.80. The van der Waals surface area contributed by atoms with Crippen molar-refractivity contribution >= 4 is 64.7 Å². The van der Waals surface area contributed by atoms with Crippen molar-refractivity contribution in [1.82, 2.24) is 4.98 Å². The molecule has 2 saturated heterocycles. The Bertz CT molecular complexity index is 2250. The van der Waals surface area contributed by atoms with Gasteiger partial charge >= 0.3 is 41.8 Å². The maximum atomic E-state index is 12.9. The number of pyridine rings is 1. The highest BCUT2D eigenvalue weighted by molar-refractivity contribution is 7.13. The van der Waals surface area contributed by atoms with E-state index in [4.69, 9.17) is 63.7 Å². The molecule has 10 atom stereocenters. The first-order chi connectivity index (χ1) is 30.3. The first-order valence-corrected chi connectivity index (χ1v) is 20.6. The van der Waals surface area contributed by atoms with E-state index in [9.17, 15) is 38.8 Å². The third-order valence-electron chi connectivity index (χ3n) is 9.14. The third-order valence-corrected chi connectivity index (χ3v) is 10.3. The fourth-order valence-corrected chi connectivity index (χ4v) is 7.61. The van der Waals surface area contributed by atoms with Crippen molar-refractivity contribution in [3.05, 3.63) is 58.4 Å². The van der Waals surface area contributed by atoms with Gasteiger partial charge in [0.05, 0.1) is 10.6 Å². The average molecular weight is 931 g/mol. The molecule has 2 aliphatic rings. The highest BCUT2D eigenvalue weighted by Crippen LogP contribution is 2.39. The van der Waals surface area contributed by atoms with Gasteiger partial charge < -0.3 is 52.1 Å². The van der Waals surface area contributed by atoms with Gasteiger partial charge in [-0.3, -0.25) is 33.6 Å². The summed E-state index contributed by atoms with van der Waals surface area (Å²) in [6.45, 7) is 6.04. The van der Waals surface area contributed by atoms with Gasteiger partial charge in [0, 0.05) is 59.1 Å². The van der Waals surface area contributed by atoms with Crippen LogP contribution in [-0.4, -0.2) is 121 Å². The molecule has 0 N–H and O–H groups in total. The number of esters is 7. The first kappa shape index (κ1) is 48.8. The number of hydrogen-bond acceptors (Lipinski definition) is 21. The zero-order chi connectivity index (χ0) is 46.8. The second-order valence-electron chi connectivity index (χ2n) is 14.1. The lowest BCUT2D eigenvalue weighted by molar-refractivity contribution is -0.354. The number of carbonyl (C=O) groups is 7. The predicted octanol–water partition coefficient (Wildman–Crippen LogP) is 4.00. The van der Waals surface area contributed by atoms with Gasteiger partial charge in [0.2, 0.25) is 18.3 Å². The molecule has 0 saturated carbocycles. The zero-order valence-electron chi connectivity index (χ0n) is 35.3. The monoisotopic (exact) mass is 930 g/mol. The molecule has 2 aromatic heterocycles. The number of ether oxygens (including phenoxy) is 11. The van der Waals surface area contributed by atoms with Gasteiger partial charge in [-0.1, -0.05) is 29.8 Å². The highest BCUT2D eigenvalue weighted by atomic mass is 35.5. The van der Waals surface area contributed by atoms with Crippen LogP contribution in [0.5, 0.6) is 5.88 Å². The number of halogens is 1. The van der Waals surface area contributed by atoms with Crippen LogP contribution >= 0.6 is 22.9 Å². The Kier molecular flexibility index (Phi) is 16.7. The fraction of sp³-hybridized carbons (Fsp3) is 0.452. The van der Waals surface area contributed by atoms with E-state index in [0.29, 0.717) is 26.7 Å². The molecule has 3 aromatic rings. The van der Waals surface area contributed by atoms with Crippen LogP contribution in [0.4, 0.5) is 0 Å². The second-order valence-corrected chi connectivity index (χ2v) is 15.5. The molecule has 0 unspecified atom stereocenters. The lowest BCUT2D eigenvalue weighted by atomic mass is 9.96. The SMILES string of the molecule is CC(=O)OC[C@H]1O[C@@H](O[C@H]2[C@H](OC(C)=O)[C@@H](OC(C)=O)[C@H](Oc3nc(-c4cccs4)cc(-c4ccc(Cl)cc4)c3C#N)O[C@@H]2COC(C)=O)[C@H](OC(C)=O)[C@@H](OC(C)=O)[C@H]1OC(C)=O. The van der Waals surface area contributed by atoms with Gasteiger partial charge in [0.25, 0.3) is 0 Å². The van der Waals surface area contributed by atoms with E-state index in [1.165, 1.54) is 11.3 Å². The Morgan fingerprint density at radius 2 is 1.14 bits per heavy atom. The minimum absolute atomic E-state index is 0.0933. The molecular weight excluding hydrogens is 888 g/mol. The number of nitriles is 1. The van der Waals surface area contributed by atoms with E-state index in [0.717, 1.165) is 48.5 Å². The quantitative estimate of drug-likeness (QED) is 0.154. The van der Waals surface area contributed by atoms with Crippen LogP contribution in [0.25, 0.3) is 21.7 Å². The number of thiophene rings is 1. The number of rotatable bonds is 15. The Morgan fingerprint density at radius 3 is 1.64 bits per heavy atom. The minimum atomic E-state index is -1.89. The summed E-state index contributed by atoms with van der Waals surface area (Å²) in [5.74, 6) is -6.56. The molecule has 0 bridgehead atoms. The smallest absolute Gasteiger partial charge is 0.303 e. The lowest BCUT2D eigenvalue weighted by Gasteiger charge is -2.48. The standard InChI is InChI=1S/C42H43ClN2O18S/c1-19(46)53-17-31-34(55-21(3)48)36(56-22(4)49)38(58-24(6)51)41(60-31)62-35-32(18-54-20(2)47)61-42(39(59-25(7)52)37(35)57-23(5)50)63-40-29(16-44)28(26-10-12-27(43)13-11-26)15-30(45-40)33-9-8-14-64-33/h8-15,31-32,34-39,41-42H,17-18H2,1-7H3/t31-,32-,34+,35-,36+,37+,38-,39-,41+,42+/m1/s1. The third kappa shape index (κ3) is 12.7. The summed E-state index contributed by atoms with van der Waals surface area (Å²) < 4.78 is 63.8. The molecule has 1 aromatic carbocycles. The van der Waals surface area contributed by atoms with Crippen molar-refractivity contribution in [3.8, 4) is 33.6 Å². The van der Waals surface area contributed by atoms with Crippen LogP contribution in [0, 0.1) is 11.3 Å². The van der Waals surface area contributed by atoms with Gasteiger partial charge in [-0.05, 0) is 35.2 Å². The Balaban J connectivity index is 1.66. The van der Waals surface area contributed by atoms with E-state index in [1.807, 2.05) is 5.38 Å². The number of carbonyl (C=O) groups excluding carboxylic acids is 7. The van der Waals surface area contributed by atoms with Crippen LogP contribution in [0.15, 0.2) is 47.8 Å². The Hall–Kier alpha value is -6.18. The summed E-state index contributed by atoms with van der Waals surface area (Å²) in [5, 5.41) is 12.8. The van der Waals surface area contributed by atoms with Crippen LogP contribution in [0.2, 0.25) is 5.02 Å². The molecule has 5 rings (SSSR count). The Labute approximate surface area is 374 Å². The van der Waals surface area contributed by atoms with Crippen molar-refractivity contribution in [2.24, 2.45) is 0 Å². The summed E-state index contributed by atoms with van der Waals surface area (Å²) in [4.78, 5) is 92.8. The number of nitrogens with zero attached hydrogens (tertiary/aromatic N) is 2. The molecule has 342 valence electrons. The molecule has 64 heavy (non-hydrogen) atoms. The van der Waals surface area contributed by atoms with Crippen LogP contribution in [0.1, 0.15) is 54.0 Å². The van der Waals surface area contributed by atoms with Crippen LogP contribution in [-0.2, 0) is 80.9 Å². The largest absolute Gasteiger partial charge is 0.463 e. The number of benzene rings is 1. The molecule has 2 fully saturated rings. The van der Waals surface area contributed by atoms with Crippen molar-refractivity contribution < 1.29 is 85.7 Å². The number of hydrogen-bond donors (Lipinski definition) is 0. The molecule has 2 aliphatic heterocycles. The van der Waals surface area contributed by atoms with Crippen LogP contribution in [0.3, 0.4) is 0 Å². The van der Waals surface area contributed by atoms with E-state index in [2.05, 4.69) is 11.1 Å². The van der Waals surface area contributed by atoms with E-state index < -0.39 is 116 Å². The second kappa shape index (κ2) is 21.9. The lowest BCUT2D eigenvalue weighted by Crippen LogP contribution is -2.67. The minimum Gasteiger partial charge on any atom is -0.463 e. The summed E-state index contributed by atoms with van der Waals surface area (Å²) in [6.07, 6.45) is -17.0. The molecule has 4 heterocycles. The summed E-state index contributed by atoms with van der Waals surface area (Å²) >= 11 is 7.52. The van der Waals surface area contributed by atoms with E-state index in [1.54, 1.807) is 42.5 Å². The van der Waals surface area contributed by atoms with Gasteiger partial charge in [-0.25, -0.2) is 4.98 Å². The summed E-state index contributed by atoms with van der Waals surface area (Å²) in [6, 6.07) is 14.0. The molecule has 22 heteroatoms. The average Bonchev–Trinajstić information content (AvgIpc) is 3.75. The summed E-state index contributed by atoms with van der Waals surface area (Å²) in [5.41, 5.74) is 1.19. The molecular formula is C42H43ClN2O18S. The van der Waals surface area contributed by atoms with Gasteiger partial charge in [-0.2, -0.15) is 5.26 Å². The van der Waals surface area contributed by atoms with Gasteiger partial charge in [-0.15, -0.1) is 11.3 Å². The topological polar surface area (TPSA) is 258 Å². The van der Waals surface area contributed by atoms with E-state index >= 15 is 0 Å². The maximum absolute atomic E-state index is 12.9. The van der Waals surface area contributed by atoms with Crippen molar-refractivity contribution in [3.63, 3.8) is 0 Å². The van der Waals surface area contributed by atoms with Crippen molar-refractivity contribution in [2.45, 2.75) is 110 Å². The molecule has 0 amide bonds.